The van der Waals surface area contributed by atoms with Crippen LogP contribution in [-0.2, 0) is 11.3 Å². The van der Waals surface area contributed by atoms with E-state index < -0.39 is 6.61 Å². The molecular weight excluding hydrogens is 593 g/mol. The number of hydrogen-bond donors (Lipinski definition) is 1. The van der Waals surface area contributed by atoms with Gasteiger partial charge in [-0.3, -0.25) is 14.6 Å². The Kier molecular flexibility index (Phi) is 12.8. The van der Waals surface area contributed by atoms with Crippen LogP contribution in [0.4, 0.5) is 0 Å². The maximum absolute atomic E-state index is 12.5. The fraction of sp³-hybridized carbons (Fsp3) is 0.452. The normalized spacial score (nSPS) is 18.7. The van der Waals surface area contributed by atoms with E-state index in [-0.39, 0.29) is 54.7 Å². The summed E-state index contributed by atoms with van der Waals surface area (Å²) in [5.41, 5.74) is 3.25. The molecule has 5 rings (SSSR count). The molecule has 2 saturated heterocycles. The maximum Gasteiger partial charge on any atom is 0.323 e. The second-order valence-electron chi connectivity index (χ2n) is 10.4. The predicted octanol–water partition coefficient (Wildman–Crippen LogP) is 3.26. The molecule has 10 nitrogen and oxygen atoms in total. The van der Waals surface area contributed by atoms with Crippen molar-refractivity contribution in [3.63, 3.8) is 0 Å². The Labute approximate surface area is 265 Å². The first kappa shape index (κ1) is 34.3. The van der Waals surface area contributed by atoms with Crippen molar-refractivity contribution in [1.82, 2.24) is 24.7 Å². The molecule has 1 aromatic heterocycles. The van der Waals surface area contributed by atoms with Crippen molar-refractivity contribution in [2.24, 2.45) is 0 Å². The van der Waals surface area contributed by atoms with Crippen LogP contribution in [0.15, 0.2) is 60.7 Å². The molecule has 0 unspecified atom stereocenters. The van der Waals surface area contributed by atoms with Crippen LogP contribution in [0.3, 0.4) is 0 Å². The minimum atomic E-state index is -0.478. The molecule has 1 N–H and O–H groups in total. The van der Waals surface area contributed by atoms with E-state index in [4.69, 9.17) is 14.2 Å². The SMILES string of the molecule is CCOc1nc(OC)c(CN2C[C@@H]3CN(C(=O)CO)CCN3[C@H](C(c3ccccc3)c3ccccc3)C2)c(OC)n1.Cl.Cl. The van der Waals surface area contributed by atoms with Gasteiger partial charge in [0.2, 0.25) is 17.7 Å². The van der Waals surface area contributed by atoms with Crippen molar-refractivity contribution in [3.8, 4) is 17.8 Å². The lowest BCUT2D eigenvalue weighted by Crippen LogP contribution is -2.67. The molecule has 0 bridgehead atoms. The summed E-state index contributed by atoms with van der Waals surface area (Å²) in [6, 6.07) is 21.7. The van der Waals surface area contributed by atoms with Crippen LogP contribution in [0.25, 0.3) is 0 Å². The van der Waals surface area contributed by atoms with Gasteiger partial charge in [-0.15, -0.1) is 24.8 Å². The van der Waals surface area contributed by atoms with Gasteiger partial charge < -0.3 is 24.2 Å². The van der Waals surface area contributed by atoms with Crippen LogP contribution in [-0.4, -0.2) is 108 Å². The maximum atomic E-state index is 12.5. The van der Waals surface area contributed by atoms with E-state index in [2.05, 4.69) is 68.3 Å². The highest BCUT2D eigenvalue weighted by Crippen LogP contribution is 2.37. The number of aliphatic hydroxyl groups excluding tert-OH is 1. The Morgan fingerprint density at radius 1 is 0.907 bits per heavy atom. The van der Waals surface area contributed by atoms with Gasteiger partial charge in [-0.1, -0.05) is 60.7 Å². The molecule has 2 aromatic carbocycles. The summed E-state index contributed by atoms with van der Waals surface area (Å²) in [6.45, 7) is 5.72. The summed E-state index contributed by atoms with van der Waals surface area (Å²) in [5, 5.41) is 9.58. The Morgan fingerprint density at radius 2 is 1.49 bits per heavy atom. The highest BCUT2D eigenvalue weighted by atomic mass is 35.5. The number of carbonyl (C=O) groups is 1. The number of nitrogens with zero attached hydrogens (tertiary/aromatic N) is 5. The molecule has 1 amide bonds. The lowest BCUT2D eigenvalue weighted by Gasteiger charge is -2.53. The fourth-order valence-electron chi connectivity index (χ4n) is 6.24. The number of halogens is 2. The fourth-order valence-corrected chi connectivity index (χ4v) is 6.24. The van der Waals surface area contributed by atoms with Crippen molar-refractivity contribution in [2.75, 3.05) is 60.2 Å². The van der Waals surface area contributed by atoms with Gasteiger partial charge in [0, 0.05) is 57.3 Å². The molecule has 2 fully saturated rings. The number of rotatable bonds is 10. The largest absolute Gasteiger partial charge is 0.481 e. The van der Waals surface area contributed by atoms with Crippen LogP contribution in [0.5, 0.6) is 17.8 Å². The van der Waals surface area contributed by atoms with Crippen LogP contribution in [0.1, 0.15) is 29.5 Å². The van der Waals surface area contributed by atoms with Crippen molar-refractivity contribution in [3.05, 3.63) is 77.4 Å². The van der Waals surface area contributed by atoms with E-state index in [0.717, 1.165) is 25.2 Å². The summed E-state index contributed by atoms with van der Waals surface area (Å²) >= 11 is 0. The van der Waals surface area contributed by atoms with E-state index in [9.17, 15) is 9.90 Å². The molecule has 3 heterocycles. The van der Waals surface area contributed by atoms with Crippen LogP contribution in [0, 0.1) is 0 Å². The number of hydrogen-bond acceptors (Lipinski definition) is 9. The molecule has 0 saturated carbocycles. The quantitative estimate of drug-likeness (QED) is 0.360. The number of fused-ring (bicyclic) bond motifs is 1. The number of benzene rings is 2. The van der Waals surface area contributed by atoms with Crippen LogP contribution in [0.2, 0.25) is 0 Å². The molecule has 3 aromatic rings. The molecule has 0 aliphatic carbocycles. The summed E-state index contributed by atoms with van der Waals surface area (Å²) in [4.78, 5) is 28.2. The van der Waals surface area contributed by atoms with Gasteiger partial charge in [-0.2, -0.15) is 9.97 Å². The van der Waals surface area contributed by atoms with Gasteiger partial charge >= 0.3 is 6.01 Å². The highest BCUT2D eigenvalue weighted by Gasteiger charge is 2.43. The third kappa shape index (κ3) is 7.69. The average Bonchev–Trinajstić information content (AvgIpc) is 3.02. The monoisotopic (exact) mass is 633 g/mol. The molecule has 43 heavy (non-hydrogen) atoms. The molecule has 0 radical (unpaired) electrons. The van der Waals surface area contributed by atoms with Gasteiger partial charge in [0.15, 0.2) is 0 Å². The first-order chi connectivity index (χ1) is 20.1. The number of carbonyl (C=O) groups excluding carboxylic acids is 1. The molecule has 2 aliphatic rings. The lowest BCUT2D eigenvalue weighted by molar-refractivity contribution is -0.139. The lowest BCUT2D eigenvalue weighted by atomic mass is 9.81. The van der Waals surface area contributed by atoms with Crippen molar-refractivity contribution in [1.29, 1.82) is 0 Å². The zero-order valence-electron chi connectivity index (χ0n) is 24.8. The number of amides is 1. The smallest absolute Gasteiger partial charge is 0.323 e. The van der Waals surface area contributed by atoms with E-state index in [1.807, 2.05) is 19.1 Å². The van der Waals surface area contributed by atoms with E-state index in [1.54, 1.807) is 19.1 Å². The second-order valence-corrected chi connectivity index (χ2v) is 10.4. The van der Waals surface area contributed by atoms with Crippen molar-refractivity contribution < 1.29 is 24.1 Å². The number of ether oxygens (including phenoxy) is 3. The second kappa shape index (κ2) is 16.1. The standard InChI is InChI=1S/C31H39N5O5.2ClH/c1-4-41-31-32-29(39-2)25(30(33-31)40-3)19-34-17-24-18-35(27(38)21-37)15-16-36(24)26(20-34)28(22-11-7-5-8-12-22)23-13-9-6-10-14-23;;/h5-14,24,26,28,37H,4,15-21H2,1-3H3;2*1H/t24-,26+;;/m1../s1. The van der Waals surface area contributed by atoms with E-state index in [0.29, 0.717) is 38.0 Å². The third-order valence-corrected chi connectivity index (χ3v) is 8.01. The Bertz CT molecular complexity index is 1240. The first-order valence-corrected chi connectivity index (χ1v) is 14.1. The predicted molar refractivity (Wildman–Crippen MR) is 169 cm³/mol. The summed E-state index contributed by atoms with van der Waals surface area (Å²) in [5.74, 6) is 0.720. The number of methoxy groups -OCH3 is 2. The molecule has 234 valence electrons. The number of piperazine rings is 2. The highest BCUT2D eigenvalue weighted by molar-refractivity contribution is 5.85. The molecule has 12 heteroatoms. The molecule has 2 aliphatic heterocycles. The van der Waals surface area contributed by atoms with Gasteiger partial charge in [0.1, 0.15) is 6.61 Å². The third-order valence-electron chi connectivity index (χ3n) is 8.01. The van der Waals surface area contributed by atoms with Crippen LogP contribution >= 0.6 is 24.8 Å². The van der Waals surface area contributed by atoms with Gasteiger partial charge in [-0.25, -0.2) is 0 Å². The molecular formula is C31H41Cl2N5O5. The van der Waals surface area contributed by atoms with Gasteiger partial charge in [0.25, 0.3) is 0 Å². The van der Waals surface area contributed by atoms with Crippen LogP contribution < -0.4 is 14.2 Å². The van der Waals surface area contributed by atoms with Gasteiger partial charge in [-0.05, 0) is 18.1 Å². The van der Waals surface area contributed by atoms with E-state index >= 15 is 0 Å². The minimum absolute atomic E-state index is 0. The number of aliphatic hydroxyl groups is 1. The molecule has 2 atom stereocenters. The van der Waals surface area contributed by atoms with Gasteiger partial charge in [0.05, 0.1) is 26.4 Å². The average molecular weight is 635 g/mol. The Balaban J connectivity index is 0.00000253. The Morgan fingerprint density at radius 3 is 2.00 bits per heavy atom. The summed E-state index contributed by atoms with van der Waals surface area (Å²) < 4.78 is 16.9. The van der Waals surface area contributed by atoms with E-state index in [1.165, 1.54) is 11.1 Å². The minimum Gasteiger partial charge on any atom is -0.481 e. The Hall–Kier alpha value is -3.15. The molecule has 0 spiro atoms. The number of aromatic nitrogens is 2. The summed E-state index contributed by atoms with van der Waals surface area (Å²) in [7, 11) is 3.17. The van der Waals surface area contributed by atoms with Crippen molar-refractivity contribution in [2.45, 2.75) is 31.5 Å². The summed E-state index contributed by atoms with van der Waals surface area (Å²) in [6.07, 6.45) is 0. The van der Waals surface area contributed by atoms with Crippen molar-refractivity contribution >= 4 is 30.7 Å². The zero-order chi connectivity index (χ0) is 28.8. The topological polar surface area (TPSA) is 100 Å². The first-order valence-electron chi connectivity index (χ1n) is 14.1. The zero-order valence-corrected chi connectivity index (χ0v) is 26.4.